The Hall–Kier alpha value is -2.25. The van der Waals surface area contributed by atoms with Gasteiger partial charge in [0, 0.05) is 0 Å². The fourth-order valence-corrected chi connectivity index (χ4v) is 1.73. The van der Waals surface area contributed by atoms with Crippen LogP contribution in [0.3, 0.4) is 0 Å². The molecule has 1 nitrogen and oxygen atoms in total. The summed E-state index contributed by atoms with van der Waals surface area (Å²) in [6.07, 6.45) is -4.65. The van der Waals surface area contributed by atoms with Crippen LogP contribution in [0.5, 0.6) is 0 Å². The van der Waals surface area contributed by atoms with Gasteiger partial charge in [0.25, 0.3) is 0 Å². The van der Waals surface area contributed by atoms with Crippen LogP contribution in [0.2, 0.25) is 0 Å². The molecule has 21 heavy (non-hydrogen) atoms. The van der Waals surface area contributed by atoms with Gasteiger partial charge in [-0.2, -0.15) is 13.2 Å². The number of hydrogen-bond donors (Lipinski definition) is 1. The van der Waals surface area contributed by atoms with Crippen molar-refractivity contribution in [1.82, 2.24) is 0 Å². The van der Waals surface area contributed by atoms with E-state index in [0.29, 0.717) is 24.3 Å². The highest BCUT2D eigenvalue weighted by atomic mass is 19.4. The maximum Gasteiger partial charge on any atom is 0.416 e. The Morgan fingerprint density at radius 1 is 0.714 bits per heavy atom. The van der Waals surface area contributed by atoms with Crippen LogP contribution in [-0.4, -0.2) is 0 Å². The SMILES string of the molecule is Nc1c(F)c(F)c(-c2ccc(C(F)(F)F)cc2)c(F)c1F. The molecule has 112 valence electrons. The van der Waals surface area contributed by atoms with Gasteiger partial charge in [0.1, 0.15) is 5.69 Å². The number of benzene rings is 2. The topological polar surface area (TPSA) is 26.0 Å². The zero-order chi connectivity index (χ0) is 15.9. The molecule has 0 aliphatic heterocycles. The standard InChI is InChI=1S/C13H6F7N/c14-8-7(9(15)11(17)12(21)10(8)16)5-1-3-6(4-2-5)13(18,19)20/h1-4H,21H2. The highest BCUT2D eigenvalue weighted by Crippen LogP contribution is 2.35. The lowest BCUT2D eigenvalue weighted by Gasteiger charge is -2.11. The minimum atomic E-state index is -4.65. The molecule has 2 rings (SSSR count). The van der Waals surface area contributed by atoms with Crippen LogP contribution in [0.4, 0.5) is 36.4 Å². The fraction of sp³-hybridized carbons (Fsp3) is 0.0769. The molecule has 0 atom stereocenters. The summed E-state index contributed by atoms with van der Waals surface area (Å²) in [6, 6.07) is 2.50. The van der Waals surface area contributed by atoms with Crippen molar-refractivity contribution in [3.05, 3.63) is 53.1 Å². The van der Waals surface area contributed by atoms with Gasteiger partial charge in [-0.05, 0) is 17.7 Å². The maximum atomic E-state index is 13.6. The van der Waals surface area contributed by atoms with Gasteiger partial charge in [0.15, 0.2) is 23.3 Å². The van der Waals surface area contributed by atoms with Crippen LogP contribution in [0.15, 0.2) is 24.3 Å². The summed E-state index contributed by atoms with van der Waals surface area (Å²) in [4.78, 5) is 0. The lowest BCUT2D eigenvalue weighted by atomic mass is 10.0. The van der Waals surface area contributed by atoms with Crippen molar-refractivity contribution in [3.8, 4) is 11.1 Å². The number of rotatable bonds is 1. The maximum absolute atomic E-state index is 13.6. The molecule has 0 heterocycles. The Balaban J connectivity index is 2.63. The summed E-state index contributed by atoms with van der Waals surface area (Å²) in [5, 5.41) is 0. The van der Waals surface area contributed by atoms with Gasteiger partial charge in [-0.1, -0.05) is 12.1 Å². The third-order valence-electron chi connectivity index (χ3n) is 2.80. The van der Waals surface area contributed by atoms with Gasteiger partial charge in [0.05, 0.1) is 11.1 Å². The van der Waals surface area contributed by atoms with Crippen LogP contribution < -0.4 is 5.73 Å². The molecule has 0 radical (unpaired) electrons. The molecule has 0 aromatic heterocycles. The lowest BCUT2D eigenvalue weighted by Crippen LogP contribution is -2.06. The highest BCUT2D eigenvalue weighted by Gasteiger charge is 2.31. The Morgan fingerprint density at radius 2 is 1.14 bits per heavy atom. The first-order valence-corrected chi connectivity index (χ1v) is 5.43. The first-order chi connectivity index (χ1) is 9.64. The average molecular weight is 309 g/mol. The predicted octanol–water partition coefficient (Wildman–Crippen LogP) is 4.51. The van der Waals surface area contributed by atoms with Crippen molar-refractivity contribution >= 4 is 5.69 Å². The predicted molar refractivity (Wildman–Crippen MR) is 61.1 cm³/mol. The van der Waals surface area contributed by atoms with Crippen molar-refractivity contribution in [1.29, 1.82) is 0 Å². The number of anilines is 1. The van der Waals surface area contributed by atoms with E-state index in [2.05, 4.69) is 0 Å². The van der Waals surface area contributed by atoms with Gasteiger partial charge in [-0.3, -0.25) is 0 Å². The number of alkyl halides is 3. The van der Waals surface area contributed by atoms with E-state index < -0.39 is 51.8 Å². The molecular formula is C13H6F7N. The number of nitrogen functional groups attached to an aromatic ring is 1. The minimum absolute atomic E-state index is 0.448. The molecule has 2 aromatic carbocycles. The van der Waals surface area contributed by atoms with E-state index in [0.717, 1.165) is 0 Å². The minimum Gasteiger partial charge on any atom is -0.394 e. The molecule has 0 amide bonds. The van der Waals surface area contributed by atoms with Crippen molar-refractivity contribution < 1.29 is 30.7 Å². The summed E-state index contributed by atoms with van der Waals surface area (Å²) >= 11 is 0. The van der Waals surface area contributed by atoms with Crippen molar-refractivity contribution in [3.63, 3.8) is 0 Å². The molecule has 0 bridgehead atoms. The Morgan fingerprint density at radius 3 is 1.52 bits per heavy atom. The summed E-state index contributed by atoms with van der Waals surface area (Å²) < 4.78 is 91.0. The van der Waals surface area contributed by atoms with E-state index in [1.54, 1.807) is 0 Å². The lowest BCUT2D eigenvalue weighted by molar-refractivity contribution is -0.137. The number of nitrogens with two attached hydrogens (primary N) is 1. The van der Waals surface area contributed by atoms with Crippen molar-refractivity contribution in [2.45, 2.75) is 6.18 Å². The molecule has 0 spiro atoms. The molecule has 2 N–H and O–H groups in total. The first-order valence-electron chi connectivity index (χ1n) is 5.43. The molecule has 8 heteroatoms. The van der Waals surface area contributed by atoms with Crippen molar-refractivity contribution in [2.75, 3.05) is 5.73 Å². The van der Waals surface area contributed by atoms with E-state index in [-0.39, 0.29) is 0 Å². The number of hydrogen-bond acceptors (Lipinski definition) is 1. The third kappa shape index (κ3) is 2.53. The van der Waals surface area contributed by atoms with Gasteiger partial charge in [-0.15, -0.1) is 0 Å². The zero-order valence-electron chi connectivity index (χ0n) is 10.0. The normalized spacial score (nSPS) is 11.8. The van der Waals surface area contributed by atoms with E-state index in [1.165, 1.54) is 0 Å². The van der Waals surface area contributed by atoms with Crippen LogP contribution in [-0.2, 0) is 6.18 Å². The monoisotopic (exact) mass is 309 g/mol. The van der Waals surface area contributed by atoms with E-state index >= 15 is 0 Å². The Kier molecular flexibility index (Phi) is 3.56. The fourth-order valence-electron chi connectivity index (χ4n) is 1.73. The quantitative estimate of drug-likeness (QED) is 0.468. The second-order valence-corrected chi connectivity index (χ2v) is 4.12. The summed E-state index contributed by atoms with van der Waals surface area (Å²) in [7, 11) is 0. The zero-order valence-corrected chi connectivity index (χ0v) is 10.0. The van der Waals surface area contributed by atoms with E-state index in [1.807, 2.05) is 0 Å². The molecule has 0 unspecified atom stereocenters. The molecule has 0 aliphatic carbocycles. The smallest absolute Gasteiger partial charge is 0.394 e. The molecule has 2 aromatic rings. The second kappa shape index (κ2) is 4.94. The first kappa shape index (κ1) is 15.1. The van der Waals surface area contributed by atoms with E-state index in [9.17, 15) is 30.7 Å². The molecular weight excluding hydrogens is 303 g/mol. The Bertz CT molecular complexity index is 660. The van der Waals surface area contributed by atoms with Gasteiger partial charge in [-0.25, -0.2) is 17.6 Å². The van der Waals surface area contributed by atoms with Crippen LogP contribution >= 0.6 is 0 Å². The molecule has 0 saturated heterocycles. The van der Waals surface area contributed by atoms with E-state index in [4.69, 9.17) is 5.73 Å². The van der Waals surface area contributed by atoms with Crippen LogP contribution in [0, 0.1) is 23.3 Å². The summed E-state index contributed by atoms with van der Waals surface area (Å²) in [6.45, 7) is 0. The van der Waals surface area contributed by atoms with Gasteiger partial charge >= 0.3 is 6.18 Å². The van der Waals surface area contributed by atoms with Gasteiger partial charge in [0.2, 0.25) is 0 Å². The van der Waals surface area contributed by atoms with Crippen LogP contribution in [0.1, 0.15) is 5.56 Å². The number of halogens is 7. The molecule has 0 aliphatic rings. The highest BCUT2D eigenvalue weighted by molar-refractivity contribution is 5.68. The molecule has 0 fully saturated rings. The third-order valence-corrected chi connectivity index (χ3v) is 2.80. The van der Waals surface area contributed by atoms with Crippen LogP contribution in [0.25, 0.3) is 11.1 Å². The average Bonchev–Trinajstić information content (AvgIpc) is 2.43. The summed E-state index contributed by atoms with van der Waals surface area (Å²) in [5.74, 6) is -7.15. The molecule has 0 saturated carbocycles. The largest absolute Gasteiger partial charge is 0.416 e. The van der Waals surface area contributed by atoms with Crippen molar-refractivity contribution in [2.24, 2.45) is 0 Å². The second-order valence-electron chi connectivity index (χ2n) is 4.12. The van der Waals surface area contributed by atoms with Gasteiger partial charge < -0.3 is 5.73 Å². The summed E-state index contributed by atoms with van der Waals surface area (Å²) in [5.41, 5.74) is 0.868. The Labute approximate surface area is 113 Å².